The molecule has 3 amide bonds. The highest BCUT2D eigenvalue weighted by Crippen LogP contribution is 2.00. The molecular formula is C15H24N6O6. The first-order valence-corrected chi connectivity index (χ1v) is 8.13. The number of carbonyl (C=O) groups is 4. The number of aliphatic carboxylic acids is 1. The molecule has 0 saturated carbocycles. The Morgan fingerprint density at radius 1 is 1.11 bits per heavy atom. The lowest BCUT2D eigenvalue weighted by atomic mass is 10.1. The molecule has 12 nitrogen and oxygen atoms in total. The number of hydrogen-bond donors (Lipinski definition) is 7. The van der Waals surface area contributed by atoms with E-state index in [2.05, 4.69) is 25.9 Å². The maximum atomic E-state index is 12.2. The average Bonchev–Trinajstić information content (AvgIpc) is 3.12. The minimum absolute atomic E-state index is 0.00670. The van der Waals surface area contributed by atoms with E-state index in [9.17, 15) is 24.3 Å². The van der Waals surface area contributed by atoms with Crippen molar-refractivity contribution >= 4 is 23.7 Å². The molecule has 27 heavy (non-hydrogen) atoms. The van der Waals surface area contributed by atoms with Crippen LogP contribution >= 0.6 is 0 Å². The zero-order valence-corrected chi connectivity index (χ0v) is 14.9. The maximum absolute atomic E-state index is 12.2. The van der Waals surface area contributed by atoms with Crippen molar-refractivity contribution in [1.82, 2.24) is 25.9 Å². The Hall–Kier alpha value is -2.99. The number of H-pyrrole nitrogens is 1. The number of carboxylic acids is 1. The number of hydrogen-bond acceptors (Lipinski definition) is 7. The molecule has 1 rings (SSSR count). The molecule has 0 aliphatic carbocycles. The van der Waals surface area contributed by atoms with Gasteiger partial charge in [0, 0.05) is 18.3 Å². The molecule has 0 spiro atoms. The number of nitrogens with two attached hydrogens (primary N) is 1. The summed E-state index contributed by atoms with van der Waals surface area (Å²) in [6.07, 6.45) is 2.82. The highest BCUT2D eigenvalue weighted by molar-refractivity contribution is 5.93. The van der Waals surface area contributed by atoms with E-state index < -0.39 is 54.5 Å². The fourth-order valence-corrected chi connectivity index (χ4v) is 1.99. The van der Waals surface area contributed by atoms with Crippen molar-refractivity contribution < 1.29 is 29.4 Å². The number of carboxylic acid groups (broad SMARTS) is 1. The van der Waals surface area contributed by atoms with Gasteiger partial charge in [0.2, 0.25) is 17.7 Å². The van der Waals surface area contributed by atoms with Crippen molar-refractivity contribution in [2.45, 2.75) is 44.4 Å². The van der Waals surface area contributed by atoms with Gasteiger partial charge in [0.25, 0.3) is 0 Å². The van der Waals surface area contributed by atoms with Crippen molar-refractivity contribution in [2.75, 3.05) is 6.61 Å². The molecule has 0 bridgehead atoms. The van der Waals surface area contributed by atoms with Crippen molar-refractivity contribution in [3.05, 3.63) is 18.2 Å². The summed E-state index contributed by atoms with van der Waals surface area (Å²) in [6, 6.07) is -4.44. The van der Waals surface area contributed by atoms with E-state index in [1.165, 1.54) is 26.4 Å². The quantitative estimate of drug-likeness (QED) is 0.219. The molecule has 0 radical (unpaired) electrons. The van der Waals surface area contributed by atoms with E-state index >= 15 is 0 Å². The first-order chi connectivity index (χ1) is 12.6. The summed E-state index contributed by atoms with van der Waals surface area (Å²) >= 11 is 0. The molecule has 4 unspecified atom stereocenters. The number of imidazole rings is 1. The lowest BCUT2D eigenvalue weighted by molar-refractivity contribution is -0.142. The topological polar surface area (TPSA) is 200 Å². The van der Waals surface area contributed by atoms with E-state index in [1.54, 1.807) is 0 Å². The van der Waals surface area contributed by atoms with Crippen LogP contribution in [0.15, 0.2) is 12.5 Å². The summed E-state index contributed by atoms with van der Waals surface area (Å²) in [5.74, 6) is -3.34. The molecule has 12 heteroatoms. The van der Waals surface area contributed by atoms with Gasteiger partial charge >= 0.3 is 5.97 Å². The molecule has 1 aromatic rings. The number of nitrogens with zero attached hydrogens (tertiary/aromatic N) is 1. The van der Waals surface area contributed by atoms with Crippen LogP contribution in [0.2, 0.25) is 0 Å². The molecular weight excluding hydrogens is 360 g/mol. The van der Waals surface area contributed by atoms with E-state index in [1.807, 2.05) is 0 Å². The Labute approximate surface area is 154 Å². The normalized spacial score (nSPS) is 15.1. The van der Waals surface area contributed by atoms with Gasteiger partial charge in [-0.25, -0.2) is 9.78 Å². The van der Waals surface area contributed by atoms with Gasteiger partial charge in [0.1, 0.15) is 24.2 Å². The average molecular weight is 384 g/mol. The summed E-state index contributed by atoms with van der Waals surface area (Å²) in [5, 5.41) is 25.0. The zero-order chi connectivity index (χ0) is 20.6. The summed E-state index contributed by atoms with van der Waals surface area (Å²) < 4.78 is 0. The monoisotopic (exact) mass is 384 g/mol. The van der Waals surface area contributed by atoms with E-state index in [-0.39, 0.29) is 6.42 Å². The van der Waals surface area contributed by atoms with Crippen molar-refractivity contribution in [3.8, 4) is 0 Å². The minimum Gasteiger partial charge on any atom is -0.480 e. The SMILES string of the molecule is CC(NC(=O)C(N)CO)C(=O)NC(C)C(=O)NC(Cc1cnc[nH]1)C(=O)O. The fraction of sp³-hybridized carbons (Fsp3) is 0.533. The third kappa shape index (κ3) is 7.03. The van der Waals surface area contributed by atoms with Gasteiger partial charge in [-0.1, -0.05) is 0 Å². The van der Waals surface area contributed by atoms with Crippen LogP contribution in [-0.4, -0.2) is 74.6 Å². The predicted octanol–water partition coefficient (Wildman–Crippen LogP) is -3.15. The third-order valence-electron chi connectivity index (χ3n) is 3.63. The smallest absolute Gasteiger partial charge is 0.326 e. The van der Waals surface area contributed by atoms with E-state index in [4.69, 9.17) is 10.8 Å². The third-order valence-corrected chi connectivity index (χ3v) is 3.63. The summed E-state index contributed by atoms with van der Waals surface area (Å²) in [7, 11) is 0. The van der Waals surface area contributed by atoms with Gasteiger partial charge < -0.3 is 36.9 Å². The number of carbonyl (C=O) groups excluding carboxylic acids is 3. The summed E-state index contributed by atoms with van der Waals surface area (Å²) in [4.78, 5) is 53.6. The molecule has 1 aromatic heterocycles. The van der Waals surface area contributed by atoms with Gasteiger partial charge in [-0.3, -0.25) is 14.4 Å². The molecule has 1 heterocycles. The van der Waals surface area contributed by atoms with E-state index in [0.717, 1.165) is 0 Å². The molecule has 4 atom stereocenters. The van der Waals surface area contributed by atoms with Gasteiger partial charge in [0.05, 0.1) is 12.9 Å². The largest absolute Gasteiger partial charge is 0.480 e. The van der Waals surface area contributed by atoms with Crippen molar-refractivity contribution in [3.63, 3.8) is 0 Å². The van der Waals surface area contributed by atoms with Gasteiger partial charge in [-0.15, -0.1) is 0 Å². The standard InChI is InChI=1S/C15H24N6O6/c1-7(20-14(25)10(16)5-22)12(23)19-8(2)13(24)21-11(15(26)27)3-9-4-17-6-18-9/h4,6-8,10-11,22H,3,5,16H2,1-2H3,(H,17,18)(H,19,23)(H,20,25)(H,21,24)(H,26,27). The van der Waals surface area contributed by atoms with Crippen LogP contribution in [0.5, 0.6) is 0 Å². The Kier molecular flexibility index (Phi) is 8.35. The number of rotatable bonds is 10. The summed E-state index contributed by atoms with van der Waals surface area (Å²) in [5.41, 5.74) is 5.86. The van der Waals surface area contributed by atoms with Gasteiger partial charge in [-0.2, -0.15) is 0 Å². The van der Waals surface area contributed by atoms with Crippen LogP contribution in [0.25, 0.3) is 0 Å². The highest BCUT2D eigenvalue weighted by atomic mass is 16.4. The molecule has 0 saturated heterocycles. The highest BCUT2D eigenvalue weighted by Gasteiger charge is 2.26. The van der Waals surface area contributed by atoms with Gasteiger partial charge in [0.15, 0.2) is 0 Å². The lowest BCUT2D eigenvalue weighted by Gasteiger charge is -2.21. The van der Waals surface area contributed by atoms with E-state index in [0.29, 0.717) is 5.69 Å². The molecule has 8 N–H and O–H groups in total. The second kappa shape index (κ2) is 10.2. The molecule has 150 valence electrons. The lowest BCUT2D eigenvalue weighted by Crippen LogP contribution is -2.56. The Bertz CT molecular complexity index is 664. The summed E-state index contributed by atoms with van der Waals surface area (Å²) in [6.45, 7) is 2.17. The second-order valence-electron chi connectivity index (χ2n) is 5.93. The molecule has 0 aliphatic rings. The number of aliphatic hydroxyl groups is 1. The Balaban J connectivity index is 2.57. The first kappa shape index (κ1) is 22.1. The molecule has 0 fully saturated rings. The van der Waals surface area contributed by atoms with Crippen LogP contribution in [-0.2, 0) is 25.6 Å². The number of amides is 3. The Morgan fingerprint density at radius 3 is 2.15 bits per heavy atom. The van der Waals surface area contributed by atoms with Crippen LogP contribution in [0.1, 0.15) is 19.5 Å². The minimum atomic E-state index is -1.24. The van der Waals surface area contributed by atoms with Crippen LogP contribution < -0.4 is 21.7 Å². The second-order valence-corrected chi connectivity index (χ2v) is 5.93. The molecule has 0 aromatic carbocycles. The number of nitrogens with one attached hydrogen (secondary N) is 4. The number of aromatic nitrogens is 2. The van der Waals surface area contributed by atoms with Crippen LogP contribution in [0, 0.1) is 0 Å². The number of aromatic amines is 1. The zero-order valence-electron chi connectivity index (χ0n) is 14.9. The maximum Gasteiger partial charge on any atom is 0.326 e. The van der Waals surface area contributed by atoms with Crippen molar-refractivity contribution in [1.29, 1.82) is 0 Å². The Morgan fingerprint density at radius 2 is 1.67 bits per heavy atom. The van der Waals surface area contributed by atoms with Gasteiger partial charge in [-0.05, 0) is 13.8 Å². The fourth-order valence-electron chi connectivity index (χ4n) is 1.99. The molecule has 0 aliphatic heterocycles. The van der Waals surface area contributed by atoms with Crippen LogP contribution in [0.4, 0.5) is 0 Å². The van der Waals surface area contributed by atoms with Crippen molar-refractivity contribution in [2.24, 2.45) is 5.73 Å². The first-order valence-electron chi connectivity index (χ1n) is 8.13. The van der Waals surface area contributed by atoms with Crippen LogP contribution in [0.3, 0.4) is 0 Å². The predicted molar refractivity (Wildman–Crippen MR) is 92.1 cm³/mol. The number of aliphatic hydroxyl groups excluding tert-OH is 1.